The summed E-state index contributed by atoms with van der Waals surface area (Å²) < 4.78 is 4.81. The molecule has 6 nitrogen and oxygen atoms in total. The fourth-order valence-corrected chi connectivity index (χ4v) is 6.53. The molecule has 2 aliphatic heterocycles. The molecule has 2 aliphatic rings. The number of imidazole rings is 2. The van der Waals surface area contributed by atoms with Crippen molar-refractivity contribution in [2.45, 2.75) is 77.8 Å². The van der Waals surface area contributed by atoms with Gasteiger partial charge in [0.2, 0.25) is 0 Å². The summed E-state index contributed by atoms with van der Waals surface area (Å²) in [7, 11) is 0. The lowest BCUT2D eigenvalue weighted by Crippen LogP contribution is -2.46. The summed E-state index contributed by atoms with van der Waals surface area (Å²) in [5.41, 5.74) is 4.76. The van der Waals surface area contributed by atoms with Gasteiger partial charge in [-0.15, -0.1) is 0 Å². The second-order valence-electron chi connectivity index (χ2n) is 9.88. The zero-order chi connectivity index (χ0) is 23.1. The Morgan fingerprint density at radius 2 is 1.12 bits per heavy atom. The molecule has 0 amide bonds. The van der Waals surface area contributed by atoms with Crippen molar-refractivity contribution in [2.24, 2.45) is 0 Å². The van der Waals surface area contributed by atoms with Crippen molar-refractivity contribution in [3.8, 4) is 0 Å². The number of para-hydroxylation sites is 4. The number of hydrogen-bond donors (Lipinski definition) is 0. The standard InChI is InChI=1S/C28H36N6/c1-3-33-23-13-7-5-11-21(23)29-27(33)19-31-17-9-15-25(31)26-16-10-18-32(26)20-28-30-22-12-6-8-14-24(22)34(28)4-2/h5-8,11-14,25-26H,3-4,9-10,15-20H2,1-2H3. The normalized spacial score (nSPS) is 21.9. The van der Waals surface area contributed by atoms with Crippen LogP contribution in [0.25, 0.3) is 22.1 Å². The average Bonchev–Trinajstić information content (AvgIpc) is 3.63. The van der Waals surface area contributed by atoms with E-state index >= 15 is 0 Å². The Morgan fingerprint density at radius 3 is 1.56 bits per heavy atom. The van der Waals surface area contributed by atoms with Crippen molar-refractivity contribution in [3.63, 3.8) is 0 Å². The Morgan fingerprint density at radius 1 is 0.676 bits per heavy atom. The van der Waals surface area contributed by atoms with Gasteiger partial charge in [-0.3, -0.25) is 9.80 Å². The van der Waals surface area contributed by atoms with Crippen LogP contribution in [0.2, 0.25) is 0 Å². The van der Waals surface area contributed by atoms with Gasteiger partial charge in [-0.2, -0.15) is 0 Å². The van der Waals surface area contributed by atoms with E-state index in [2.05, 4.69) is 81.3 Å². The third-order valence-electron chi connectivity index (χ3n) is 8.06. The van der Waals surface area contributed by atoms with Crippen LogP contribution in [0.5, 0.6) is 0 Å². The van der Waals surface area contributed by atoms with E-state index in [1.54, 1.807) is 0 Å². The van der Waals surface area contributed by atoms with E-state index in [9.17, 15) is 0 Å². The highest BCUT2D eigenvalue weighted by Gasteiger charge is 2.38. The summed E-state index contributed by atoms with van der Waals surface area (Å²) >= 11 is 0. The average molecular weight is 457 g/mol. The third-order valence-corrected chi connectivity index (χ3v) is 8.06. The number of aryl methyl sites for hydroxylation is 2. The number of hydrogen-bond acceptors (Lipinski definition) is 4. The largest absolute Gasteiger partial charge is 0.327 e. The Bertz CT molecular complexity index is 1190. The molecule has 34 heavy (non-hydrogen) atoms. The topological polar surface area (TPSA) is 42.1 Å². The Kier molecular flexibility index (Phi) is 5.87. The molecule has 2 saturated heterocycles. The second-order valence-corrected chi connectivity index (χ2v) is 9.88. The van der Waals surface area contributed by atoms with Crippen LogP contribution in [0.1, 0.15) is 51.2 Å². The first-order chi connectivity index (χ1) is 16.8. The van der Waals surface area contributed by atoms with Gasteiger partial charge in [-0.25, -0.2) is 9.97 Å². The zero-order valence-electron chi connectivity index (χ0n) is 20.5. The molecule has 178 valence electrons. The highest BCUT2D eigenvalue weighted by atomic mass is 15.3. The van der Waals surface area contributed by atoms with E-state index < -0.39 is 0 Å². The van der Waals surface area contributed by atoms with Crippen LogP contribution in [0.4, 0.5) is 0 Å². The van der Waals surface area contributed by atoms with Crippen molar-refractivity contribution in [3.05, 3.63) is 60.2 Å². The molecule has 6 heteroatoms. The zero-order valence-corrected chi connectivity index (χ0v) is 20.5. The van der Waals surface area contributed by atoms with Gasteiger partial charge in [0.25, 0.3) is 0 Å². The van der Waals surface area contributed by atoms with E-state index in [0.717, 1.165) is 37.2 Å². The summed E-state index contributed by atoms with van der Waals surface area (Å²) in [5.74, 6) is 2.43. The first kappa shape index (κ1) is 21.8. The van der Waals surface area contributed by atoms with Crippen LogP contribution in [-0.2, 0) is 26.2 Å². The maximum atomic E-state index is 5.04. The molecule has 4 heterocycles. The van der Waals surface area contributed by atoms with Crippen LogP contribution < -0.4 is 0 Å². The molecule has 2 aromatic carbocycles. The molecule has 0 saturated carbocycles. The Balaban J connectivity index is 1.24. The highest BCUT2D eigenvalue weighted by Crippen LogP contribution is 2.33. The molecule has 2 fully saturated rings. The van der Waals surface area contributed by atoms with E-state index in [1.165, 1.54) is 61.5 Å². The molecule has 2 aromatic heterocycles. The van der Waals surface area contributed by atoms with Crippen molar-refractivity contribution in [2.75, 3.05) is 13.1 Å². The van der Waals surface area contributed by atoms with Gasteiger partial charge in [0.05, 0.1) is 35.2 Å². The summed E-state index contributed by atoms with van der Waals surface area (Å²) in [6.07, 6.45) is 5.15. The molecule has 2 unspecified atom stereocenters. The minimum atomic E-state index is 0.604. The van der Waals surface area contributed by atoms with Gasteiger partial charge >= 0.3 is 0 Å². The SMILES string of the molecule is CCn1c(CN2CCCC2C2CCCN2Cc2nc3ccccc3n2CC)nc2ccccc21. The van der Waals surface area contributed by atoms with Crippen LogP contribution in [0.15, 0.2) is 48.5 Å². The first-order valence-electron chi connectivity index (χ1n) is 13.1. The van der Waals surface area contributed by atoms with Crippen molar-refractivity contribution in [1.29, 1.82) is 0 Å². The predicted octanol–water partition coefficient (Wildman–Crippen LogP) is 5.05. The molecule has 4 aromatic rings. The second kappa shape index (κ2) is 9.16. The quantitative estimate of drug-likeness (QED) is 0.390. The number of likely N-dealkylation sites (tertiary alicyclic amines) is 2. The monoisotopic (exact) mass is 456 g/mol. The van der Waals surface area contributed by atoms with Gasteiger partial charge in [-0.1, -0.05) is 24.3 Å². The maximum Gasteiger partial charge on any atom is 0.124 e. The van der Waals surface area contributed by atoms with Crippen LogP contribution in [0.3, 0.4) is 0 Å². The van der Waals surface area contributed by atoms with Gasteiger partial charge in [0.1, 0.15) is 11.6 Å². The molecule has 0 bridgehead atoms. The minimum absolute atomic E-state index is 0.604. The van der Waals surface area contributed by atoms with Gasteiger partial charge in [-0.05, 0) is 76.9 Å². The van der Waals surface area contributed by atoms with Crippen molar-refractivity contribution in [1.82, 2.24) is 28.9 Å². The molecule has 0 spiro atoms. The lowest BCUT2D eigenvalue weighted by molar-refractivity contribution is 0.119. The summed E-state index contributed by atoms with van der Waals surface area (Å²) in [6, 6.07) is 18.3. The molecule has 6 rings (SSSR count). The first-order valence-corrected chi connectivity index (χ1v) is 13.1. The molecular weight excluding hydrogens is 420 g/mol. The van der Waals surface area contributed by atoms with E-state index in [4.69, 9.17) is 9.97 Å². The fraction of sp³-hybridized carbons (Fsp3) is 0.500. The van der Waals surface area contributed by atoms with Crippen LogP contribution >= 0.6 is 0 Å². The van der Waals surface area contributed by atoms with E-state index in [-0.39, 0.29) is 0 Å². The lowest BCUT2D eigenvalue weighted by Gasteiger charge is -2.35. The minimum Gasteiger partial charge on any atom is -0.327 e. The number of benzene rings is 2. The Labute approximate surface area is 202 Å². The molecule has 0 N–H and O–H groups in total. The number of nitrogens with zero attached hydrogens (tertiary/aromatic N) is 6. The van der Waals surface area contributed by atoms with Crippen molar-refractivity contribution >= 4 is 22.1 Å². The Hall–Kier alpha value is -2.70. The summed E-state index contributed by atoms with van der Waals surface area (Å²) in [5, 5.41) is 0. The summed E-state index contributed by atoms with van der Waals surface area (Å²) in [4.78, 5) is 15.5. The highest BCUT2D eigenvalue weighted by molar-refractivity contribution is 5.76. The lowest BCUT2D eigenvalue weighted by atomic mass is 10.0. The van der Waals surface area contributed by atoms with Crippen LogP contribution in [-0.4, -0.2) is 54.1 Å². The predicted molar refractivity (Wildman–Crippen MR) is 138 cm³/mol. The molecule has 0 radical (unpaired) electrons. The number of rotatable bonds is 7. The van der Waals surface area contributed by atoms with Crippen LogP contribution in [0, 0.1) is 0 Å². The number of aromatic nitrogens is 4. The van der Waals surface area contributed by atoms with E-state index in [0.29, 0.717) is 12.1 Å². The van der Waals surface area contributed by atoms with Gasteiger partial charge in [0.15, 0.2) is 0 Å². The molecule has 0 aliphatic carbocycles. The van der Waals surface area contributed by atoms with Gasteiger partial charge in [0, 0.05) is 25.2 Å². The maximum absolute atomic E-state index is 5.04. The van der Waals surface area contributed by atoms with Crippen molar-refractivity contribution < 1.29 is 0 Å². The number of fused-ring (bicyclic) bond motifs is 2. The smallest absolute Gasteiger partial charge is 0.124 e. The third kappa shape index (κ3) is 3.73. The van der Waals surface area contributed by atoms with E-state index in [1.807, 2.05) is 0 Å². The van der Waals surface area contributed by atoms with Gasteiger partial charge < -0.3 is 9.13 Å². The fourth-order valence-electron chi connectivity index (χ4n) is 6.53. The molecule has 2 atom stereocenters. The summed E-state index contributed by atoms with van der Waals surface area (Å²) in [6.45, 7) is 10.7. The molecular formula is C28H36N6.